The number of hydrogen-bond donors (Lipinski definition) is 1. The molecule has 1 aliphatic rings. The van der Waals surface area contributed by atoms with Crippen molar-refractivity contribution in [2.75, 3.05) is 13.1 Å². The Balaban J connectivity index is 1.48. The van der Waals surface area contributed by atoms with Gasteiger partial charge >= 0.3 is 0 Å². The lowest BCUT2D eigenvalue weighted by atomic mass is 10.0. The molecule has 0 bridgehead atoms. The van der Waals surface area contributed by atoms with Gasteiger partial charge in [-0.3, -0.25) is 9.69 Å². The lowest BCUT2D eigenvalue weighted by molar-refractivity contribution is -0.119. The van der Waals surface area contributed by atoms with E-state index in [0.29, 0.717) is 0 Å². The SMILES string of the molecule is CC(=O)N[C@@H]1CN(Cc2nccn2Cc2ccccc2)C[C@H]1c1ccc(C)o1. The zero-order chi connectivity index (χ0) is 19.5. The molecule has 1 fully saturated rings. The van der Waals surface area contributed by atoms with Crippen LogP contribution in [0.5, 0.6) is 0 Å². The van der Waals surface area contributed by atoms with Gasteiger partial charge in [0, 0.05) is 39.0 Å². The molecule has 1 N–H and O–H groups in total. The zero-order valence-electron chi connectivity index (χ0n) is 16.3. The number of aromatic nitrogens is 2. The maximum atomic E-state index is 11.7. The molecule has 3 heterocycles. The topological polar surface area (TPSA) is 63.3 Å². The number of nitrogens with zero attached hydrogens (tertiary/aromatic N) is 3. The number of nitrogens with one attached hydrogen (secondary N) is 1. The normalized spacial score (nSPS) is 19.8. The Hall–Kier alpha value is -2.86. The molecule has 2 aromatic heterocycles. The average Bonchev–Trinajstić information content (AvgIpc) is 3.37. The highest BCUT2D eigenvalue weighted by molar-refractivity contribution is 5.73. The summed E-state index contributed by atoms with van der Waals surface area (Å²) in [5, 5.41) is 3.10. The Morgan fingerprint density at radius 3 is 2.71 bits per heavy atom. The number of rotatable bonds is 6. The number of imidazole rings is 1. The van der Waals surface area contributed by atoms with Crippen molar-refractivity contribution in [2.24, 2.45) is 0 Å². The number of carbonyl (C=O) groups is 1. The van der Waals surface area contributed by atoms with Gasteiger partial charge in [0.15, 0.2) is 0 Å². The highest BCUT2D eigenvalue weighted by Gasteiger charge is 2.36. The molecule has 146 valence electrons. The predicted octanol–water partition coefficient (Wildman–Crippen LogP) is 2.94. The van der Waals surface area contributed by atoms with Gasteiger partial charge in [-0.15, -0.1) is 0 Å². The monoisotopic (exact) mass is 378 g/mol. The number of aryl methyl sites for hydroxylation is 1. The molecule has 6 heteroatoms. The maximum Gasteiger partial charge on any atom is 0.217 e. The second-order valence-corrected chi connectivity index (χ2v) is 7.51. The van der Waals surface area contributed by atoms with Crippen LogP contribution in [-0.4, -0.2) is 39.5 Å². The van der Waals surface area contributed by atoms with Crippen molar-refractivity contribution in [2.45, 2.75) is 38.9 Å². The van der Waals surface area contributed by atoms with Gasteiger partial charge in [0.05, 0.1) is 18.5 Å². The van der Waals surface area contributed by atoms with Gasteiger partial charge in [0.1, 0.15) is 17.3 Å². The van der Waals surface area contributed by atoms with Crippen LogP contribution in [0, 0.1) is 6.92 Å². The number of furan rings is 1. The summed E-state index contributed by atoms with van der Waals surface area (Å²) in [6.45, 7) is 6.67. The highest BCUT2D eigenvalue weighted by Crippen LogP contribution is 2.30. The minimum Gasteiger partial charge on any atom is -0.466 e. The first kappa shape index (κ1) is 18.5. The van der Waals surface area contributed by atoms with Crippen molar-refractivity contribution in [1.82, 2.24) is 19.8 Å². The number of hydrogen-bond acceptors (Lipinski definition) is 4. The van der Waals surface area contributed by atoms with Gasteiger partial charge in [-0.1, -0.05) is 30.3 Å². The van der Waals surface area contributed by atoms with Crippen LogP contribution in [0.2, 0.25) is 0 Å². The van der Waals surface area contributed by atoms with Crippen LogP contribution in [0.4, 0.5) is 0 Å². The van der Waals surface area contributed by atoms with E-state index in [0.717, 1.165) is 43.5 Å². The molecular weight excluding hydrogens is 352 g/mol. The number of carbonyl (C=O) groups excluding carboxylic acids is 1. The molecule has 3 aromatic rings. The summed E-state index contributed by atoms with van der Waals surface area (Å²) >= 11 is 0. The third-order valence-electron chi connectivity index (χ3n) is 5.27. The lowest BCUT2D eigenvalue weighted by Crippen LogP contribution is -2.38. The molecule has 1 aliphatic heterocycles. The number of likely N-dealkylation sites (tertiary alicyclic amines) is 1. The third-order valence-corrected chi connectivity index (χ3v) is 5.27. The summed E-state index contributed by atoms with van der Waals surface area (Å²) in [6, 6.07) is 14.4. The van der Waals surface area contributed by atoms with E-state index in [4.69, 9.17) is 4.42 Å². The van der Waals surface area contributed by atoms with Gasteiger partial charge in [0.25, 0.3) is 0 Å². The van der Waals surface area contributed by atoms with Crippen molar-refractivity contribution >= 4 is 5.91 Å². The molecule has 0 spiro atoms. The summed E-state index contributed by atoms with van der Waals surface area (Å²) in [5.41, 5.74) is 1.25. The Bertz CT molecular complexity index is 931. The van der Waals surface area contributed by atoms with Gasteiger partial charge in [-0.25, -0.2) is 4.98 Å². The minimum atomic E-state index is -0.00861. The summed E-state index contributed by atoms with van der Waals surface area (Å²) in [4.78, 5) is 18.6. The molecular formula is C22H26N4O2. The fourth-order valence-corrected chi connectivity index (χ4v) is 3.98. The van der Waals surface area contributed by atoms with Crippen molar-refractivity contribution in [3.05, 3.63) is 77.8 Å². The predicted molar refractivity (Wildman–Crippen MR) is 107 cm³/mol. The Morgan fingerprint density at radius 1 is 1.18 bits per heavy atom. The second-order valence-electron chi connectivity index (χ2n) is 7.51. The Labute approximate surface area is 165 Å². The summed E-state index contributed by atoms with van der Waals surface area (Å²) in [7, 11) is 0. The third kappa shape index (κ3) is 4.17. The quantitative estimate of drug-likeness (QED) is 0.716. The van der Waals surface area contributed by atoms with E-state index in [2.05, 4.69) is 44.0 Å². The maximum absolute atomic E-state index is 11.7. The largest absolute Gasteiger partial charge is 0.466 e. The molecule has 0 unspecified atom stereocenters. The van der Waals surface area contributed by atoms with Crippen LogP contribution in [0.1, 0.15) is 35.7 Å². The van der Waals surface area contributed by atoms with E-state index in [1.54, 1.807) is 6.92 Å². The van der Waals surface area contributed by atoms with Crippen LogP contribution < -0.4 is 5.32 Å². The molecule has 6 nitrogen and oxygen atoms in total. The molecule has 1 aromatic carbocycles. The van der Waals surface area contributed by atoms with E-state index >= 15 is 0 Å². The summed E-state index contributed by atoms with van der Waals surface area (Å²) in [6.07, 6.45) is 3.88. The molecule has 2 atom stereocenters. The van der Waals surface area contributed by atoms with Crippen molar-refractivity contribution in [3.8, 4) is 0 Å². The smallest absolute Gasteiger partial charge is 0.217 e. The fourth-order valence-electron chi connectivity index (χ4n) is 3.98. The van der Waals surface area contributed by atoms with Crippen molar-refractivity contribution < 1.29 is 9.21 Å². The van der Waals surface area contributed by atoms with E-state index in [9.17, 15) is 4.79 Å². The van der Waals surface area contributed by atoms with Gasteiger partial charge in [-0.2, -0.15) is 0 Å². The van der Waals surface area contributed by atoms with E-state index < -0.39 is 0 Å². The van der Waals surface area contributed by atoms with E-state index in [1.165, 1.54) is 5.56 Å². The number of benzene rings is 1. The second kappa shape index (κ2) is 8.02. The first-order valence-electron chi connectivity index (χ1n) is 9.68. The molecule has 0 saturated carbocycles. The van der Waals surface area contributed by atoms with Crippen LogP contribution >= 0.6 is 0 Å². The Morgan fingerprint density at radius 2 is 2.00 bits per heavy atom. The first-order valence-corrected chi connectivity index (χ1v) is 9.68. The van der Waals surface area contributed by atoms with E-state index in [-0.39, 0.29) is 17.9 Å². The minimum absolute atomic E-state index is 0.00861. The van der Waals surface area contributed by atoms with E-state index in [1.807, 2.05) is 37.5 Å². The molecule has 0 radical (unpaired) electrons. The number of amides is 1. The zero-order valence-corrected chi connectivity index (χ0v) is 16.3. The fraction of sp³-hybridized carbons (Fsp3) is 0.364. The first-order chi connectivity index (χ1) is 13.6. The summed E-state index contributed by atoms with van der Waals surface area (Å²) in [5.74, 6) is 3.00. The molecule has 28 heavy (non-hydrogen) atoms. The highest BCUT2D eigenvalue weighted by atomic mass is 16.3. The lowest BCUT2D eigenvalue weighted by Gasteiger charge is -2.17. The standard InChI is InChI=1S/C22H26N4O2/c1-16-8-9-21(28-16)19-13-25(14-20(19)24-17(2)27)15-22-23-10-11-26(22)12-18-6-4-3-5-7-18/h3-11,19-20H,12-15H2,1-2H3,(H,24,27)/t19-,20-/m1/s1. The Kier molecular flexibility index (Phi) is 5.30. The van der Waals surface area contributed by atoms with Gasteiger partial charge < -0.3 is 14.3 Å². The molecule has 0 aliphatic carbocycles. The van der Waals surface area contributed by atoms with Crippen molar-refractivity contribution in [3.63, 3.8) is 0 Å². The van der Waals surface area contributed by atoms with Crippen LogP contribution in [0.15, 0.2) is 59.3 Å². The van der Waals surface area contributed by atoms with Crippen LogP contribution in [-0.2, 0) is 17.9 Å². The van der Waals surface area contributed by atoms with Gasteiger partial charge in [0.2, 0.25) is 5.91 Å². The molecule has 4 rings (SSSR count). The van der Waals surface area contributed by atoms with Gasteiger partial charge in [-0.05, 0) is 24.6 Å². The molecule has 1 saturated heterocycles. The van der Waals surface area contributed by atoms with Crippen LogP contribution in [0.25, 0.3) is 0 Å². The van der Waals surface area contributed by atoms with Crippen molar-refractivity contribution in [1.29, 1.82) is 0 Å². The average molecular weight is 378 g/mol. The van der Waals surface area contributed by atoms with Crippen LogP contribution in [0.3, 0.4) is 0 Å². The summed E-state index contributed by atoms with van der Waals surface area (Å²) < 4.78 is 8.05. The molecule has 1 amide bonds.